The number of hydrogen-bond acceptors (Lipinski definition) is 6. The molecule has 0 amide bonds. The van der Waals surface area contributed by atoms with Crippen molar-refractivity contribution >= 4 is 11.5 Å². The Hall–Kier alpha value is -3.15. The molecule has 6 nitrogen and oxygen atoms in total. The van der Waals surface area contributed by atoms with Crippen LogP contribution in [0.15, 0.2) is 48.7 Å². The number of esters is 1. The molecule has 0 aliphatic carbocycles. The van der Waals surface area contributed by atoms with Crippen molar-refractivity contribution in [1.29, 1.82) is 0 Å². The maximum Gasteiger partial charge on any atom is 0.341 e. The van der Waals surface area contributed by atoms with Crippen LogP contribution in [0.4, 0.5) is 0 Å². The van der Waals surface area contributed by atoms with E-state index in [0.717, 1.165) is 5.56 Å². The van der Waals surface area contributed by atoms with Gasteiger partial charge in [-0.2, -0.15) is 0 Å². The summed E-state index contributed by atoms with van der Waals surface area (Å²) in [4.78, 5) is 12.1. The molecule has 2 aromatic rings. The van der Waals surface area contributed by atoms with Crippen LogP contribution < -0.4 is 14.2 Å². The fourth-order valence-corrected chi connectivity index (χ4v) is 2.53. The SMILES string of the molecule is CCOc1cc(OCc2ccccc2/C(=C\OC)C(=O)OC)ccc1OC. The standard InChI is InChI=1S/C21H24O6/c1-5-26-20-12-16(10-11-19(20)24-3)27-13-15-8-6-7-9-17(15)18(14-23-2)21(22)25-4/h6-12,14H,5,13H2,1-4H3/b18-14+. The topological polar surface area (TPSA) is 63.2 Å². The number of methoxy groups -OCH3 is 3. The number of ether oxygens (including phenoxy) is 5. The van der Waals surface area contributed by atoms with Crippen molar-refractivity contribution in [1.82, 2.24) is 0 Å². The fraction of sp³-hybridized carbons (Fsp3) is 0.286. The normalized spacial score (nSPS) is 10.9. The zero-order chi connectivity index (χ0) is 19.6. The van der Waals surface area contributed by atoms with Crippen molar-refractivity contribution in [3.63, 3.8) is 0 Å². The first-order chi connectivity index (χ1) is 13.1. The van der Waals surface area contributed by atoms with Crippen molar-refractivity contribution < 1.29 is 28.5 Å². The molecule has 0 saturated heterocycles. The second-order valence-corrected chi connectivity index (χ2v) is 5.45. The Kier molecular flexibility index (Phi) is 7.55. The largest absolute Gasteiger partial charge is 0.503 e. The lowest BCUT2D eigenvalue weighted by Crippen LogP contribution is -2.08. The van der Waals surface area contributed by atoms with Crippen LogP contribution in [0.5, 0.6) is 17.2 Å². The third-order valence-corrected chi connectivity index (χ3v) is 3.78. The first kappa shape index (κ1) is 20.2. The van der Waals surface area contributed by atoms with Crippen molar-refractivity contribution in [2.24, 2.45) is 0 Å². The quantitative estimate of drug-likeness (QED) is 0.379. The first-order valence-electron chi connectivity index (χ1n) is 8.47. The molecule has 0 spiro atoms. The summed E-state index contributed by atoms with van der Waals surface area (Å²) in [6.07, 6.45) is 1.37. The molecule has 0 unspecified atom stereocenters. The third kappa shape index (κ3) is 5.17. The average molecular weight is 372 g/mol. The Morgan fingerprint density at radius 1 is 1.00 bits per heavy atom. The van der Waals surface area contributed by atoms with Gasteiger partial charge in [0.05, 0.1) is 34.2 Å². The highest BCUT2D eigenvalue weighted by Crippen LogP contribution is 2.32. The maximum absolute atomic E-state index is 12.1. The minimum Gasteiger partial charge on any atom is -0.503 e. The monoisotopic (exact) mass is 372 g/mol. The van der Waals surface area contributed by atoms with Gasteiger partial charge in [0.2, 0.25) is 0 Å². The second-order valence-electron chi connectivity index (χ2n) is 5.45. The third-order valence-electron chi connectivity index (χ3n) is 3.78. The summed E-state index contributed by atoms with van der Waals surface area (Å²) in [7, 11) is 4.40. The second kappa shape index (κ2) is 10.1. The summed E-state index contributed by atoms with van der Waals surface area (Å²) in [5.41, 5.74) is 1.83. The molecular weight excluding hydrogens is 348 g/mol. The zero-order valence-corrected chi connectivity index (χ0v) is 16.0. The Bertz CT molecular complexity index is 797. The fourth-order valence-electron chi connectivity index (χ4n) is 2.53. The van der Waals surface area contributed by atoms with Crippen LogP contribution in [0.1, 0.15) is 18.1 Å². The van der Waals surface area contributed by atoms with E-state index in [-0.39, 0.29) is 6.61 Å². The van der Waals surface area contributed by atoms with Crippen LogP contribution in [0, 0.1) is 0 Å². The predicted molar refractivity (Wildman–Crippen MR) is 102 cm³/mol. The molecule has 0 aromatic heterocycles. The lowest BCUT2D eigenvalue weighted by Gasteiger charge is -2.14. The minimum absolute atomic E-state index is 0.256. The molecule has 0 N–H and O–H groups in total. The van der Waals surface area contributed by atoms with E-state index in [1.165, 1.54) is 20.5 Å². The van der Waals surface area contributed by atoms with Crippen LogP contribution in [0.2, 0.25) is 0 Å². The maximum atomic E-state index is 12.1. The lowest BCUT2D eigenvalue weighted by molar-refractivity contribution is -0.133. The van der Waals surface area contributed by atoms with E-state index in [9.17, 15) is 4.79 Å². The van der Waals surface area contributed by atoms with Gasteiger partial charge in [-0.15, -0.1) is 0 Å². The van der Waals surface area contributed by atoms with Gasteiger partial charge in [-0.1, -0.05) is 24.3 Å². The van der Waals surface area contributed by atoms with Crippen LogP contribution in [-0.4, -0.2) is 33.9 Å². The van der Waals surface area contributed by atoms with Gasteiger partial charge in [0, 0.05) is 6.07 Å². The molecule has 144 valence electrons. The van der Waals surface area contributed by atoms with Gasteiger partial charge in [-0.05, 0) is 30.2 Å². The highest BCUT2D eigenvalue weighted by molar-refractivity contribution is 6.16. The van der Waals surface area contributed by atoms with Gasteiger partial charge in [0.15, 0.2) is 11.5 Å². The molecule has 0 bridgehead atoms. The number of hydrogen-bond donors (Lipinski definition) is 0. The molecule has 27 heavy (non-hydrogen) atoms. The Balaban J connectivity index is 2.25. The summed E-state index contributed by atoms with van der Waals surface area (Å²) in [6, 6.07) is 12.8. The van der Waals surface area contributed by atoms with Gasteiger partial charge in [-0.3, -0.25) is 0 Å². The Morgan fingerprint density at radius 2 is 1.78 bits per heavy atom. The van der Waals surface area contributed by atoms with Crippen LogP contribution >= 0.6 is 0 Å². The molecule has 2 rings (SSSR count). The number of carbonyl (C=O) groups is 1. The van der Waals surface area contributed by atoms with Crippen molar-refractivity contribution in [2.75, 3.05) is 27.9 Å². The van der Waals surface area contributed by atoms with E-state index in [2.05, 4.69) is 0 Å². The van der Waals surface area contributed by atoms with Gasteiger partial charge >= 0.3 is 5.97 Å². The average Bonchev–Trinajstić information content (AvgIpc) is 2.70. The first-order valence-corrected chi connectivity index (χ1v) is 8.47. The summed E-state index contributed by atoms with van der Waals surface area (Å²) in [5, 5.41) is 0. The van der Waals surface area contributed by atoms with Crippen molar-refractivity contribution in [2.45, 2.75) is 13.5 Å². The van der Waals surface area contributed by atoms with E-state index in [4.69, 9.17) is 23.7 Å². The summed E-state index contributed by atoms with van der Waals surface area (Å²) < 4.78 is 26.6. The molecule has 2 aromatic carbocycles. The van der Waals surface area contributed by atoms with Crippen molar-refractivity contribution in [3.8, 4) is 17.2 Å². The summed E-state index contributed by atoms with van der Waals surface area (Å²) >= 11 is 0. The highest BCUT2D eigenvalue weighted by atomic mass is 16.5. The number of benzene rings is 2. The Labute approximate surface area is 159 Å². The minimum atomic E-state index is -0.479. The molecule has 0 aliphatic heterocycles. The van der Waals surface area contributed by atoms with Gasteiger partial charge < -0.3 is 23.7 Å². The predicted octanol–water partition coefficient (Wildman–Crippen LogP) is 3.83. The highest BCUT2D eigenvalue weighted by Gasteiger charge is 2.17. The molecule has 0 radical (unpaired) electrons. The number of rotatable bonds is 9. The molecule has 0 aliphatic rings. The lowest BCUT2D eigenvalue weighted by atomic mass is 10.0. The zero-order valence-electron chi connectivity index (χ0n) is 16.0. The van der Waals surface area contributed by atoms with E-state index in [1.54, 1.807) is 25.3 Å². The molecule has 0 saturated carbocycles. The molecule has 6 heteroatoms. The van der Waals surface area contributed by atoms with E-state index >= 15 is 0 Å². The van der Waals surface area contributed by atoms with Gasteiger partial charge in [0.25, 0.3) is 0 Å². The van der Waals surface area contributed by atoms with Gasteiger partial charge in [0.1, 0.15) is 17.9 Å². The van der Waals surface area contributed by atoms with Crippen LogP contribution in [0.3, 0.4) is 0 Å². The summed E-state index contributed by atoms with van der Waals surface area (Å²) in [6.45, 7) is 2.68. The summed E-state index contributed by atoms with van der Waals surface area (Å²) in [5.74, 6) is 1.40. The number of carbonyl (C=O) groups excluding carboxylic acids is 1. The molecular formula is C21H24O6. The van der Waals surface area contributed by atoms with Crippen LogP contribution in [-0.2, 0) is 20.9 Å². The Morgan fingerprint density at radius 3 is 2.44 bits per heavy atom. The molecule has 0 heterocycles. The smallest absolute Gasteiger partial charge is 0.341 e. The van der Waals surface area contributed by atoms with Gasteiger partial charge in [-0.25, -0.2) is 4.79 Å². The molecule has 0 fully saturated rings. The van der Waals surface area contributed by atoms with Crippen LogP contribution in [0.25, 0.3) is 5.57 Å². The van der Waals surface area contributed by atoms with Crippen molar-refractivity contribution in [3.05, 3.63) is 59.9 Å². The molecule has 0 atom stereocenters. The van der Waals surface area contributed by atoms with E-state index in [0.29, 0.717) is 35.0 Å². The van der Waals surface area contributed by atoms with E-state index < -0.39 is 5.97 Å². The van der Waals surface area contributed by atoms with E-state index in [1.807, 2.05) is 31.2 Å².